The first-order valence-corrected chi connectivity index (χ1v) is 6.12. The normalized spacial score (nSPS) is 22.2. The lowest BCUT2D eigenvalue weighted by Gasteiger charge is -2.22. The molecule has 1 aliphatic carbocycles. The predicted octanol–water partition coefficient (Wildman–Crippen LogP) is 0.895. The molecular weight excluding hydrogens is 228 g/mol. The Labute approximate surface area is 105 Å². The minimum atomic E-state index is -0.843. The molecule has 94 valence electrons. The number of benzene rings is 1. The fraction of sp³-hybridized carbons (Fsp3) is 0.462. The van der Waals surface area contributed by atoms with Gasteiger partial charge in [0, 0.05) is 6.42 Å². The summed E-state index contributed by atoms with van der Waals surface area (Å²) in [5.74, 6) is 0.592. The highest BCUT2D eigenvalue weighted by Crippen LogP contribution is 2.39. The highest BCUT2D eigenvalue weighted by atomic mass is 16.3. The van der Waals surface area contributed by atoms with Crippen molar-refractivity contribution < 1.29 is 5.11 Å². The van der Waals surface area contributed by atoms with E-state index in [0.717, 1.165) is 18.4 Å². The van der Waals surface area contributed by atoms with Crippen LogP contribution in [0.5, 0.6) is 0 Å². The third-order valence-electron chi connectivity index (χ3n) is 3.57. The maximum Gasteiger partial charge on any atom is 0.178 e. The van der Waals surface area contributed by atoms with Gasteiger partial charge in [-0.25, -0.2) is 0 Å². The minimum Gasteiger partial charge on any atom is -0.385 e. The van der Waals surface area contributed by atoms with Crippen molar-refractivity contribution in [2.75, 3.05) is 0 Å². The van der Waals surface area contributed by atoms with E-state index in [-0.39, 0.29) is 0 Å². The molecule has 1 aromatic heterocycles. The summed E-state index contributed by atoms with van der Waals surface area (Å²) in [6, 6.07) is 6.26. The van der Waals surface area contributed by atoms with Crippen LogP contribution < -0.4 is 0 Å². The quantitative estimate of drug-likeness (QED) is 0.852. The van der Waals surface area contributed by atoms with Gasteiger partial charge in [0.25, 0.3) is 0 Å². The molecule has 3 rings (SSSR count). The average molecular weight is 244 g/mol. The van der Waals surface area contributed by atoms with Crippen molar-refractivity contribution in [2.45, 2.75) is 31.8 Å². The topological polar surface area (TPSA) is 63.8 Å². The second-order valence-corrected chi connectivity index (χ2v) is 5.06. The van der Waals surface area contributed by atoms with E-state index in [1.807, 2.05) is 6.92 Å². The lowest BCUT2D eigenvalue weighted by Crippen LogP contribution is -2.26. The van der Waals surface area contributed by atoms with Crippen molar-refractivity contribution in [3.05, 3.63) is 40.7 Å². The first kappa shape index (κ1) is 11.3. The van der Waals surface area contributed by atoms with Gasteiger partial charge < -0.3 is 5.11 Å². The van der Waals surface area contributed by atoms with Crippen LogP contribution in [0.3, 0.4) is 0 Å². The van der Waals surface area contributed by atoms with Crippen molar-refractivity contribution in [3.63, 3.8) is 0 Å². The van der Waals surface area contributed by atoms with Gasteiger partial charge in [-0.3, -0.25) is 0 Å². The van der Waals surface area contributed by atoms with Gasteiger partial charge in [0.2, 0.25) is 0 Å². The molecule has 0 radical (unpaired) electrons. The predicted molar refractivity (Wildman–Crippen MR) is 65.9 cm³/mol. The van der Waals surface area contributed by atoms with Gasteiger partial charge in [0.15, 0.2) is 5.82 Å². The summed E-state index contributed by atoms with van der Waals surface area (Å²) in [5, 5.41) is 22.7. The number of aliphatic hydroxyl groups is 1. The molecule has 18 heavy (non-hydrogen) atoms. The summed E-state index contributed by atoms with van der Waals surface area (Å²) in [4.78, 5) is 1.42. The number of aromatic nitrogens is 4. The number of hydrogen-bond acceptors (Lipinski definition) is 4. The molecule has 0 spiro atoms. The maximum atomic E-state index is 10.8. The van der Waals surface area contributed by atoms with Crippen LogP contribution in [-0.4, -0.2) is 25.3 Å². The first-order chi connectivity index (χ1) is 8.57. The molecule has 0 bridgehead atoms. The number of rotatable bonds is 2. The van der Waals surface area contributed by atoms with Crippen LogP contribution in [0.25, 0.3) is 0 Å². The fourth-order valence-corrected chi connectivity index (χ4v) is 2.66. The van der Waals surface area contributed by atoms with Crippen LogP contribution in [0, 0.1) is 6.92 Å². The molecule has 0 amide bonds. The monoisotopic (exact) mass is 244 g/mol. The van der Waals surface area contributed by atoms with E-state index in [2.05, 4.69) is 33.6 Å². The number of nitrogens with zero attached hydrogens (tertiary/aromatic N) is 4. The highest BCUT2D eigenvalue weighted by molar-refractivity contribution is 5.40. The Kier molecular flexibility index (Phi) is 2.45. The molecule has 1 atom stereocenters. The van der Waals surface area contributed by atoms with Crippen molar-refractivity contribution in [1.82, 2.24) is 20.2 Å². The number of tetrazole rings is 1. The summed E-state index contributed by atoms with van der Waals surface area (Å²) in [5.41, 5.74) is 2.58. The van der Waals surface area contributed by atoms with Crippen LogP contribution in [-0.2, 0) is 25.5 Å². The van der Waals surface area contributed by atoms with E-state index in [1.54, 1.807) is 7.05 Å². The van der Waals surface area contributed by atoms with E-state index >= 15 is 0 Å². The van der Waals surface area contributed by atoms with Gasteiger partial charge in [0.05, 0.1) is 12.6 Å². The molecule has 0 aliphatic heterocycles. The third-order valence-corrected chi connectivity index (χ3v) is 3.57. The maximum absolute atomic E-state index is 10.8. The number of fused-ring (bicyclic) bond motifs is 1. The lowest BCUT2D eigenvalue weighted by molar-refractivity contribution is 0.0368. The van der Waals surface area contributed by atoms with Crippen molar-refractivity contribution in [3.8, 4) is 0 Å². The molecule has 2 aromatic rings. The average Bonchev–Trinajstić information content (AvgIpc) is 2.85. The summed E-state index contributed by atoms with van der Waals surface area (Å²) < 4.78 is 0. The van der Waals surface area contributed by atoms with Gasteiger partial charge in [0.1, 0.15) is 0 Å². The summed E-state index contributed by atoms with van der Waals surface area (Å²) in [6.45, 7) is 2.04. The summed E-state index contributed by atoms with van der Waals surface area (Å²) in [7, 11) is 1.73. The molecule has 5 nitrogen and oxygen atoms in total. The fourth-order valence-electron chi connectivity index (χ4n) is 2.66. The standard InChI is InChI=1S/C13H16N4O/c1-9-3-4-10-5-6-13(18,11(10)7-9)8-12-14-16-17(2)15-12/h3-4,7,18H,5-6,8H2,1-2H3. The molecule has 1 N–H and O–H groups in total. The molecule has 1 aliphatic rings. The lowest BCUT2D eigenvalue weighted by atomic mass is 9.91. The van der Waals surface area contributed by atoms with Gasteiger partial charge in [-0.05, 0) is 36.1 Å². The van der Waals surface area contributed by atoms with E-state index < -0.39 is 5.60 Å². The molecule has 1 aromatic carbocycles. The Morgan fingerprint density at radius 2 is 2.28 bits per heavy atom. The molecule has 0 saturated carbocycles. The van der Waals surface area contributed by atoms with E-state index in [1.165, 1.54) is 15.9 Å². The Balaban J connectivity index is 1.96. The van der Waals surface area contributed by atoms with Crippen molar-refractivity contribution in [2.24, 2.45) is 7.05 Å². The SMILES string of the molecule is Cc1ccc2c(c1)C(O)(Cc1nnn(C)n1)CC2. The van der Waals surface area contributed by atoms with Gasteiger partial charge in [-0.15, -0.1) is 10.2 Å². The number of hydrogen-bond donors (Lipinski definition) is 1. The van der Waals surface area contributed by atoms with Crippen LogP contribution >= 0.6 is 0 Å². The van der Waals surface area contributed by atoms with Crippen LogP contribution in [0.2, 0.25) is 0 Å². The Morgan fingerprint density at radius 1 is 1.44 bits per heavy atom. The molecule has 1 unspecified atom stereocenters. The third kappa shape index (κ3) is 1.80. The van der Waals surface area contributed by atoms with Crippen LogP contribution in [0.1, 0.15) is 28.9 Å². The minimum absolute atomic E-state index is 0.428. The smallest absolute Gasteiger partial charge is 0.178 e. The van der Waals surface area contributed by atoms with Crippen LogP contribution in [0.4, 0.5) is 0 Å². The van der Waals surface area contributed by atoms with Crippen LogP contribution in [0.15, 0.2) is 18.2 Å². The molecule has 0 saturated heterocycles. The number of aryl methyl sites for hydroxylation is 3. The summed E-state index contributed by atoms with van der Waals surface area (Å²) >= 11 is 0. The Bertz CT molecular complexity index is 592. The zero-order valence-electron chi connectivity index (χ0n) is 10.6. The molecule has 0 fully saturated rings. The van der Waals surface area contributed by atoms with E-state index in [9.17, 15) is 5.11 Å². The second-order valence-electron chi connectivity index (χ2n) is 5.06. The molecule has 5 heteroatoms. The highest BCUT2D eigenvalue weighted by Gasteiger charge is 2.37. The molecule has 1 heterocycles. The molecular formula is C13H16N4O. The van der Waals surface area contributed by atoms with E-state index in [0.29, 0.717) is 12.2 Å². The van der Waals surface area contributed by atoms with Gasteiger partial charge >= 0.3 is 0 Å². The van der Waals surface area contributed by atoms with Gasteiger partial charge in [-0.2, -0.15) is 4.80 Å². The Morgan fingerprint density at radius 3 is 3.00 bits per heavy atom. The van der Waals surface area contributed by atoms with Crippen molar-refractivity contribution >= 4 is 0 Å². The van der Waals surface area contributed by atoms with Gasteiger partial charge in [-0.1, -0.05) is 23.8 Å². The first-order valence-electron chi connectivity index (χ1n) is 6.12. The zero-order chi connectivity index (χ0) is 12.8. The van der Waals surface area contributed by atoms with E-state index in [4.69, 9.17) is 0 Å². The van der Waals surface area contributed by atoms with Crippen molar-refractivity contribution in [1.29, 1.82) is 0 Å². The Hall–Kier alpha value is -1.75. The second kappa shape index (κ2) is 3.88. The zero-order valence-corrected chi connectivity index (χ0v) is 10.6. The summed E-state index contributed by atoms with van der Waals surface area (Å²) in [6.07, 6.45) is 2.06. The largest absolute Gasteiger partial charge is 0.385 e.